The van der Waals surface area contributed by atoms with Crippen molar-refractivity contribution in [2.45, 2.75) is 6.92 Å². The predicted molar refractivity (Wildman–Crippen MR) is 10.7 cm³/mol. The molecule has 0 spiro atoms. The number of carboxylic acids is 1. The summed E-state index contributed by atoms with van der Waals surface area (Å²) in [5.41, 5.74) is 0. The molecule has 0 aliphatic rings. The van der Waals surface area contributed by atoms with Crippen molar-refractivity contribution >= 4 is 5.97 Å². The minimum atomic E-state index is -1.08. The van der Waals surface area contributed by atoms with Crippen LogP contribution in [0, 0.1) is 0 Å². The van der Waals surface area contributed by atoms with Crippen LogP contribution in [0.4, 0.5) is 0 Å². The second-order valence-corrected chi connectivity index (χ2v) is 0.492. The van der Waals surface area contributed by atoms with E-state index in [9.17, 15) is 0 Å². The van der Waals surface area contributed by atoms with Gasteiger partial charge in [-0.05, 0) is 6.92 Å². The third-order valence-electron chi connectivity index (χ3n) is 0. The Kier molecular flexibility index (Phi) is 7.85. The van der Waals surface area contributed by atoms with Gasteiger partial charge >= 0.3 is 26.2 Å². The second kappa shape index (κ2) is 4.35. The zero-order valence-electron chi connectivity index (χ0n) is 2.82. The van der Waals surface area contributed by atoms with Gasteiger partial charge in [0, 0.05) is 5.97 Å². The molecule has 0 saturated heterocycles. The summed E-state index contributed by atoms with van der Waals surface area (Å²) in [4.78, 5) is 8.89. The van der Waals surface area contributed by atoms with Crippen LogP contribution in [0.2, 0.25) is 0 Å². The Morgan fingerprint density at radius 2 is 1.80 bits per heavy atom. The summed E-state index contributed by atoms with van der Waals surface area (Å²) in [6.07, 6.45) is 0. The van der Waals surface area contributed by atoms with Crippen LogP contribution in [0.3, 0.4) is 0 Å². The van der Waals surface area contributed by atoms with Gasteiger partial charge in [-0.2, -0.15) is 0 Å². The van der Waals surface area contributed by atoms with Crippen molar-refractivity contribution in [3.8, 4) is 0 Å². The van der Waals surface area contributed by atoms with E-state index in [1.54, 1.807) is 0 Å². The summed E-state index contributed by atoms with van der Waals surface area (Å²) in [5, 5.41) is 8.89. The molecule has 0 aromatic carbocycles. The van der Waals surface area contributed by atoms with Crippen molar-refractivity contribution in [3.05, 3.63) is 0 Å². The fourth-order valence-corrected chi connectivity index (χ4v) is 0. The monoisotopic (exact) mass is 149 g/mol. The predicted octanol–water partition coefficient (Wildman–Crippen LogP) is -1.25. The third kappa shape index (κ3) is 193. The molecule has 0 unspecified atom stereocenters. The molecule has 0 aromatic heterocycles. The molecule has 5 heavy (non-hydrogen) atoms. The molecule has 0 bridgehead atoms. The van der Waals surface area contributed by atoms with E-state index in [0.717, 1.165) is 6.92 Å². The van der Waals surface area contributed by atoms with Gasteiger partial charge in [0.15, 0.2) is 0 Å². The van der Waals surface area contributed by atoms with Crippen LogP contribution in [0.1, 0.15) is 6.92 Å². The standard InChI is InChI=1S/C2H4O2.Zr/c1-2(3)4;/h1H3,(H,3,4);/q;+4/p-1. The molecule has 3 heteroatoms. The SMILES string of the molecule is CC(=O)[O-].[Zr+4]. The number of rotatable bonds is 0. The Hall–Kier alpha value is 0.353. The molecule has 0 fully saturated rings. The van der Waals surface area contributed by atoms with E-state index in [-0.39, 0.29) is 26.2 Å². The van der Waals surface area contributed by atoms with E-state index >= 15 is 0 Å². The number of aliphatic carboxylic acids is 1. The first kappa shape index (κ1) is 9.02. The summed E-state index contributed by atoms with van der Waals surface area (Å²) in [5.74, 6) is -1.08. The van der Waals surface area contributed by atoms with Crippen LogP contribution < -0.4 is 5.11 Å². The van der Waals surface area contributed by atoms with Gasteiger partial charge in [-0.25, -0.2) is 0 Å². The topological polar surface area (TPSA) is 40.1 Å². The summed E-state index contributed by atoms with van der Waals surface area (Å²) in [6, 6.07) is 0. The maximum atomic E-state index is 8.89. The average molecular weight is 150 g/mol. The van der Waals surface area contributed by atoms with E-state index in [2.05, 4.69) is 0 Å². The summed E-state index contributed by atoms with van der Waals surface area (Å²) in [7, 11) is 0. The van der Waals surface area contributed by atoms with Crippen LogP contribution >= 0.6 is 0 Å². The van der Waals surface area contributed by atoms with Crippen LogP contribution in [0.15, 0.2) is 0 Å². The Bertz CT molecular complexity index is 30.6. The van der Waals surface area contributed by atoms with Gasteiger partial charge in [0.1, 0.15) is 0 Å². The molecule has 0 saturated carbocycles. The largest absolute Gasteiger partial charge is 4.00 e. The van der Waals surface area contributed by atoms with Gasteiger partial charge in [0.2, 0.25) is 0 Å². The van der Waals surface area contributed by atoms with Crippen molar-refractivity contribution < 1.29 is 36.1 Å². The van der Waals surface area contributed by atoms with E-state index in [1.165, 1.54) is 0 Å². The molecule has 0 aliphatic carbocycles. The smallest absolute Gasteiger partial charge is 0.550 e. The zero-order valence-corrected chi connectivity index (χ0v) is 5.27. The molecule has 2 nitrogen and oxygen atoms in total. The Morgan fingerprint density at radius 1 is 1.80 bits per heavy atom. The second-order valence-electron chi connectivity index (χ2n) is 0.492. The van der Waals surface area contributed by atoms with E-state index < -0.39 is 5.97 Å². The Labute approximate surface area is 49.3 Å². The number of carbonyl (C=O) groups excluding carboxylic acids is 1. The molecular weight excluding hydrogens is 147 g/mol. The number of carbonyl (C=O) groups is 1. The van der Waals surface area contributed by atoms with E-state index in [4.69, 9.17) is 9.90 Å². The molecule has 0 atom stereocenters. The molecule has 0 aliphatic heterocycles. The van der Waals surface area contributed by atoms with Gasteiger partial charge in [0.25, 0.3) is 0 Å². The van der Waals surface area contributed by atoms with Crippen LogP contribution in [0.25, 0.3) is 0 Å². The first-order chi connectivity index (χ1) is 1.73. The van der Waals surface area contributed by atoms with Crippen molar-refractivity contribution in [1.29, 1.82) is 0 Å². The summed E-state index contributed by atoms with van der Waals surface area (Å²) < 4.78 is 0. The maximum absolute atomic E-state index is 8.89. The molecule has 0 heterocycles. The fourth-order valence-electron chi connectivity index (χ4n) is 0. The van der Waals surface area contributed by atoms with Crippen molar-refractivity contribution in [1.82, 2.24) is 0 Å². The molecule has 0 aromatic rings. The third-order valence-corrected chi connectivity index (χ3v) is 0. The maximum Gasteiger partial charge on any atom is 4.00 e. The van der Waals surface area contributed by atoms with Crippen molar-refractivity contribution in [3.63, 3.8) is 0 Å². The van der Waals surface area contributed by atoms with Crippen molar-refractivity contribution in [2.75, 3.05) is 0 Å². The molecule has 0 radical (unpaired) electrons. The van der Waals surface area contributed by atoms with Gasteiger partial charge in [-0.1, -0.05) is 0 Å². The molecule has 0 amide bonds. The van der Waals surface area contributed by atoms with E-state index in [1.807, 2.05) is 0 Å². The molecule has 24 valence electrons. The summed E-state index contributed by atoms with van der Waals surface area (Å²) in [6.45, 7) is 0.972. The molecule has 0 rings (SSSR count). The minimum absolute atomic E-state index is 0. The number of hydrogen-bond donors (Lipinski definition) is 0. The summed E-state index contributed by atoms with van der Waals surface area (Å²) >= 11 is 0. The Morgan fingerprint density at radius 3 is 1.80 bits per heavy atom. The van der Waals surface area contributed by atoms with Crippen LogP contribution in [-0.4, -0.2) is 5.97 Å². The zero-order chi connectivity index (χ0) is 3.58. The van der Waals surface area contributed by atoms with Gasteiger partial charge in [-0.3, -0.25) is 0 Å². The minimum Gasteiger partial charge on any atom is -0.550 e. The first-order valence-electron chi connectivity index (χ1n) is 0.908. The van der Waals surface area contributed by atoms with Crippen LogP contribution in [0.5, 0.6) is 0 Å². The first-order valence-corrected chi connectivity index (χ1v) is 0.908. The average Bonchev–Trinajstić information content (AvgIpc) is 0.811. The molecule has 0 N–H and O–H groups in total. The van der Waals surface area contributed by atoms with Gasteiger partial charge < -0.3 is 9.90 Å². The number of carboxylic acid groups (broad SMARTS) is 1. The normalized spacial score (nSPS) is 5.00. The van der Waals surface area contributed by atoms with Crippen LogP contribution in [-0.2, 0) is 31.0 Å². The van der Waals surface area contributed by atoms with E-state index in [0.29, 0.717) is 0 Å². The quantitative estimate of drug-likeness (QED) is 0.433. The van der Waals surface area contributed by atoms with Gasteiger partial charge in [0.05, 0.1) is 0 Å². The Balaban J connectivity index is 0. The van der Waals surface area contributed by atoms with Crippen molar-refractivity contribution in [2.24, 2.45) is 0 Å². The van der Waals surface area contributed by atoms with Gasteiger partial charge in [-0.15, -0.1) is 0 Å². The number of hydrogen-bond acceptors (Lipinski definition) is 2. The fraction of sp³-hybridized carbons (Fsp3) is 0.500. The molecular formula is C2H3O2Zr+3.